The lowest BCUT2D eigenvalue weighted by molar-refractivity contribution is -0.166. The summed E-state index contributed by atoms with van der Waals surface area (Å²) >= 11 is 0. The first-order valence-corrected chi connectivity index (χ1v) is 11.2. The summed E-state index contributed by atoms with van der Waals surface area (Å²) in [5.41, 5.74) is 0. The van der Waals surface area contributed by atoms with E-state index >= 15 is 0 Å². The summed E-state index contributed by atoms with van der Waals surface area (Å²) in [6, 6.07) is 0. The van der Waals surface area contributed by atoms with Crippen molar-refractivity contribution in [3.05, 3.63) is 0 Å². The van der Waals surface area contributed by atoms with Crippen LogP contribution in [-0.4, -0.2) is 76.5 Å². The lowest BCUT2D eigenvalue weighted by atomic mass is 9.74. The number of rotatable bonds is 6. The molecule has 5 N–H and O–H groups in total. The van der Waals surface area contributed by atoms with Crippen molar-refractivity contribution < 1.29 is 61.5 Å². The van der Waals surface area contributed by atoms with Gasteiger partial charge in [-0.15, -0.1) is 0 Å². The van der Waals surface area contributed by atoms with Crippen molar-refractivity contribution in [2.24, 2.45) is 23.7 Å². The molecule has 2 saturated carbocycles. The van der Waals surface area contributed by atoms with Gasteiger partial charge >= 0.3 is 34.3 Å². The highest BCUT2D eigenvalue weighted by Gasteiger charge is 2.43. The second-order valence-corrected chi connectivity index (χ2v) is 7.42. The lowest BCUT2D eigenvalue weighted by Crippen LogP contribution is -2.40. The van der Waals surface area contributed by atoms with E-state index in [0.717, 1.165) is 12.8 Å². The topological polar surface area (TPSA) is 222 Å². The molecule has 0 spiro atoms. The molecule has 0 bridgehead atoms. The number of hydrogen-bond acceptors (Lipinski definition) is 9. The molecule has 13 nitrogen and oxygen atoms in total. The minimum absolute atomic E-state index is 0.250. The van der Waals surface area contributed by atoms with Crippen molar-refractivity contribution >= 4 is 34.3 Å². The number of aliphatic carboxylic acids is 2. The summed E-state index contributed by atoms with van der Waals surface area (Å²) in [5.74, 6) is -4.33. The number of carboxylic acids is 2. The Bertz CT molecular complexity index is 652. The van der Waals surface area contributed by atoms with E-state index in [1.165, 1.54) is 0 Å². The Morgan fingerprint density at radius 1 is 0.719 bits per heavy atom. The molecule has 0 amide bonds. The molecular weight excluding hydrogens is 456 g/mol. The number of aliphatic hydroxyl groups is 1. The molecule has 2 aliphatic carbocycles. The molecule has 32 heavy (non-hydrogen) atoms. The van der Waals surface area contributed by atoms with Gasteiger partial charge in [0.1, 0.15) is 0 Å². The van der Waals surface area contributed by atoms with Gasteiger partial charge in [-0.25, -0.2) is 0 Å². The second kappa shape index (κ2) is 16.4. The van der Waals surface area contributed by atoms with Gasteiger partial charge in [0.2, 0.25) is 0 Å². The largest absolute Gasteiger partial charge is 0.481 e. The number of esters is 2. The molecule has 2 rings (SSSR count). The molecule has 0 aromatic carbocycles. The fourth-order valence-electron chi connectivity index (χ4n) is 2.65. The minimum atomic E-state index is -4.67. The summed E-state index contributed by atoms with van der Waals surface area (Å²) in [6.07, 6.45) is 2.49. The highest BCUT2D eigenvalue weighted by molar-refractivity contribution is 7.79. The normalized spacial score (nSPS) is 22.9. The van der Waals surface area contributed by atoms with E-state index in [9.17, 15) is 19.2 Å². The fraction of sp³-hybridized carbons (Fsp3) is 0.778. The van der Waals surface area contributed by atoms with Gasteiger partial charge < -0.3 is 24.8 Å². The third-order valence-corrected chi connectivity index (χ3v) is 4.36. The van der Waals surface area contributed by atoms with Crippen LogP contribution in [0.25, 0.3) is 0 Å². The van der Waals surface area contributed by atoms with Crippen LogP contribution in [-0.2, 0) is 39.1 Å². The number of ether oxygens (including phenoxy) is 2. The summed E-state index contributed by atoms with van der Waals surface area (Å²) in [6.45, 7) is 6.18. The molecule has 2 fully saturated rings. The van der Waals surface area contributed by atoms with Gasteiger partial charge in [0.25, 0.3) is 0 Å². The molecule has 4 atom stereocenters. The maximum atomic E-state index is 11.3. The predicted molar refractivity (Wildman–Crippen MR) is 108 cm³/mol. The van der Waals surface area contributed by atoms with Gasteiger partial charge in [-0.1, -0.05) is 0 Å². The molecule has 14 heteroatoms. The van der Waals surface area contributed by atoms with E-state index in [-0.39, 0.29) is 30.4 Å². The zero-order valence-electron chi connectivity index (χ0n) is 18.2. The predicted octanol–water partition coefficient (Wildman–Crippen LogP) is 0.666. The molecule has 188 valence electrons. The third kappa shape index (κ3) is 13.9. The van der Waals surface area contributed by atoms with Gasteiger partial charge in [0.05, 0.1) is 36.9 Å². The highest BCUT2D eigenvalue weighted by Crippen LogP contribution is 2.36. The van der Waals surface area contributed by atoms with E-state index < -0.39 is 34.2 Å². The summed E-state index contributed by atoms with van der Waals surface area (Å²) in [5, 5.41) is 24.3. The Balaban J connectivity index is 0. The first-order valence-electron chi connectivity index (χ1n) is 9.84. The van der Waals surface area contributed by atoms with Crippen LogP contribution in [0.1, 0.15) is 46.5 Å². The SMILES string of the molecule is CCO.CCOC(=O)[C@@H]1CC[C@H]1C(=O)OCC.O=C(O)[C@@H]1CC[C@H]1C(=O)O.O=S(=O)(O)O. The number of aliphatic hydroxyl groups excluding tert-OH is 1. The van der Waals surface area contributed by atoms with E-state index in [1.54, 1.807) is 20.8 Å². The van der Waals surface area contributed by atoms with Crippen LogP contribution in [0.5, 0.6) is 0 Å². The maximum Gasteiger partial charge on any atom is 0.394 e. The quantitative estimate of drug-likeness (QED) is 0.256. The average Bonchev–Trinajstić information content (AvgIpc) is 2.51. The highest BCUT2D eigenvalue weighted by atomic mass is 32.3. The number of hydrogen-bond donors (Lipinski definition) is 5. The Morgan fingerprint density at radius 3 is 1.06 bits per heavy atom. The fourth-order valence-corrected chi connectivity index (χ4v) is 2.65. The van der Waals surface area contributed by atoms with Crippen molar-refractivity contribution in [1.29, 1.82) is 0 Å². The number of carbonyl (C=O) groups is 4. The first-order chi connectivity index (χ1) is 14.7. The Kier molecular flexibility index (Phi) is 16.3. The third-order valence-electron chi connectivity index (χ3n) is 4.36. The molecule has 0 aromatic rings. The van der Waals surface area contributed by atoms with Crippen molar-refractivity contribution in [2.75, 3.05) is 19.8 Å². The van der Waals surface area contributed by atoms with Gasteiger partial charge in [-0.2, -0.15) is 8.42 Å². The van der Waals surface area contributed by atoms with Gasteiger partial charge in [0.15, 0.2) is 0 Å². The van der Waals surface area contributed by atoms with Crippen LogP contribution in [0.4, 0.5) is 0 Å². The maximum absolute atomic E-state index is 11.3. The van der Waals surface area contributed by atoms with Crippen LogP contribution < -0.4 is 0 Å². The van der Waals surface area contributed by atoms with E-state index in [0.29, 0.717) is 26.1 Å². The Hall–Kier alpha value is -2.29. The lowest BCUT2D eigenvalue weighted by Gasteiger charge is -2.32. The van der Waals surface area contributed by atoms with Crippen molar-refractivity contribution in [1.82, 2.24) is 0 Å². The van der Waals surface area contributed by atoms with Crippen LogP contribution in [0.2, 0.25) is 0 Å². The Labute approximate surface area is 186 Å². The molecular formula is C18H32O13S. The summed E-state index contributed by atoms with van der Waals surface area (Å²) in [4.78, 5) is 43.1. The molecule has 2 aliphatic rings. The molecule has 0 aliphatic heterocycles. The molecule has 0 radical (unpaired) electrons. The molecule has 0 saturated heterocycles. The number of carbonyl (C=O) groups excluding carboxylic acids is 2. The smallest absolute Gasteiger partial charge is 0.394 e. The Morgan fingerprint density at radius 2 is 0.938 bits per heavy atom. The minimum Gasteiger partial charge on any atom is -0.481 e. The van der Waals surface area contributed by atoms with Crippen molar-refractivity contribution in [3.63, 3.8) is 0 Å². The van der Waals surface area contributed by atoms with Crippen LogP contribution in [0.3, 0.4) is 0 Å². The van der Waals surface area contributed by atoms with E-state index in [4.69, 9.17) is 42.3 Å². The number of carboxylic acid groups (broad SMARTS) is 2. The van der Waals surface area contributed by atoms with Gasteiger partial charge in [-0.05, 0) is 46.5 Å². The summed E-state index contributed by atoms with van der Waals surface area (Å²) in [7, 11) is -4.67. The van der Waals surface area contributed by atoms with Gasteiger partial charge in [-0.3, -0.25) is 28.3 Å². The van der Waals surface area contributed by atoms with Crippen molar-refractivity contribution in [3.8, 4) is 0 Å². The standard InChI is InChI=1S/C10H16O4.C6H8O4.C2H6O.H2O4S/c1-3-13-9(11)7-5-6-8(7)10(12)14-4-2;7-5(8)3-1-2-4(3)6(9)10;1-2-3;1-5(2,3)4/h7-8H,3-6H2,1-2H3;3-4H,1-2H2,(H,7,8)(H,9,10);3H,2H2,1H3;(H2,1,2,3,4)/t7-,8-;3-,4-;;/m11../s1. The molecule has 0 heterocycles. The average molecular weight is 489 g/mol. The first kappa shape index (κ1) is 31.9. The van der Waals surface area contributed by atoms with Crippen LogP contribution in [0, 0.1) is 23.7 Å². The monoisotopic (exact) mass is 488 g/mol. The molecule has 0 unspecified atom stereocenters. The zero-order chi connectivity index (χ0) is 25.5. The van der Waals surface area contributed by atoms with Crippen molar-refractivity contribution in [2.45, 2.75) is 46.5 Å². The molecule has 0 aromatic heterocycles. The van der Waals surface area contributed by atoms with E-state index in [1.807, 2.05) is 0 Å². The van der Waals surface area contributed by atoms with Gasteiger partial charge in [0, 0.05) is 6.61 Å². The van der Waals surface area contributed by atoms with Crippen LogP contribution >= 0.6 is 0 Å². The summed E-state index contributed by atoms with van der Waals surface area (Å²) < 4.78 is 41.3. The zero-order valence-corrected chi connectivity index (χ0v) is 19.0. The van der Waals surface area contributed by atoms with Crippen LogP contribution in [0.15, 0.2) is 0 Å². The van der Waals surface area contributed by atoms with E-state index in [2.05, 4.69) is 0 Å². The second-order valence-electron chi connectivity index (χ2n) is 6.53.